The highest BCUT2D eigenvalue weighted by Crippen LogP contribution is 2.61. The molecule has 1 spiro atoms. The highest BCUT2D eigenvalue weighted by atomic mass is 16.6. The second-order valence-corrected chi connectivity index (χ2v) is 5.06. The Balaban J connectivity index is 1.96. The van der Waals surface area contributed by atoms with E-state index >= 15 is 0 Å². The average molecular weight is 242 g/mol. The fourth-order valence-electron chi connectivity index (χ4n) is 3.30. The molecule has 18 heavy (non-hydrogen) atoms. The minimum Gasteiger partial charge on any atom is -0.356 e. The summed E-state index contributed by atoms with van der Waals surface area (Å²) >= 11 is 0. The second-order valence-electron chi connectivity index (χ2n) is 5.06. The van der Waals surface area contributed by atoms with E-state index in [9.17, 15) is 4.79 Å². The highest BCUT2D eigenvalue weighted by molar-refractivity contribution is 6.01. The van der Waals surface area contributed by atoms with Gasteiger partial charge in [-0.25, -0.2) is 0 Å². The van der Waals surface area contributed by atoms with E-state index in [1.807, 2.05) is 18.2 Å². The van der Waals surface area contributed by atoms with Crippen LogP contribution in [0, 0.1) is 0 Å². The molecule has 0 unspecified atom stereocenters. The average Bonchev–Trinajstić information content (AvgIpc) is 3.03. The molecule has 1 aliphatic carbocycles. The minimum atomic E-state index is -0.293. The first-order valence-electron chi connectivity index (χ1n) is 6.71. The van der Waals surface area contributed by atoms with Crippen LogP contribution in [0.25, 0.3) is 0 Å². The number of epoxide rings is 1. The van der Waals surface area contributed by atoms with Gasteiger partial charge in [-0.3, -0.25) is 4.79 Å². The van der Waals surface area contributed by atoms with E-state index in [0.29, 0.717) is 6.42 Å². The summed E-state index contributed by atoms with van der Waals surface area (Å²) in [7, 11) is 0. The highest BCUT2D eigenvalue weighted by Gasteiger charge is 2.63. The van der Waals surface area contributed by atoms with Crippen LogP contribution in [0.15, 0.2) is 41.5 Å². The Morgan fingerprint density at radius 2 is 1.94 bits per heavy atom. The zero-order valence-electron chi connectivity index (χ0n) is 10.9. The Bertz CT molecular complexity index is 515. The third-order valence-corrected chi connectivity index (χ3v) is 4.14. The number of benzene rings is 1. The first kappa shape index (κ1) is 11.7. The molecule has 0 N–H and O–H groups in total. The molecule has 3 rings (SSSR count). The summed E-state index contributed by atoms with van der Waals surface area (Å²) in [4.78, 5) is 12.1. The van der Waals surface area contributed by atoms with Crippen molar-refractivity contribution >= 4 is 5.78 Å². The van der Waals surface area contributed by atoms with Crippen molar-refractivity contribution in [3.05, 3.63) is 47.0 Å². The lowest BCUT2D eigenvalue weighted by Gasteiger charge is -2.08. The summed E-state index contributed by atoms with van der Waals surface area (Å²) in [5.74, 6) is 0.285. The lowest BCUT2D eigenvalue weighted by molar-refractivity contribution is -0.115. The Kier molecular flexibility index (Phi) is 2.63. The van der Waals surface area contributed by atoms with Crippen molar-refractivity contribution in [3.8, 4) is 0 Å². The number of carbonyl (C=O) groups excluding carboxylic acids is 1. The zero-order valence-corrected chi connectivity index (χ0v) is 10.9. The third-order valence-electron chi connectivity index (χ3n) is 4.14. The van der Waals surface area contributed by atoms with Crippen molar-refractivity contribution in [3.63, 3.8) is 0 Å². The fourth-order valence-corrected chi connectivity index (χ4v) is 3.30. The van der Waals surface area contributed by atoms with E-state index in [4.69, 9.17) is 4.74 Å². The normalized spacial score (nSPS) is 30.3. The molecule has 0 radical (unpaired) electrons. The van der Waals surface area contributed by atoms with E-state index in [-0.39, 0.29) is 17.5 Å². The van der Waals surface area contributed by atoms with Gasteiger partial charge in [0.1, 0.15) is 11.7 Å². The number of carbonyl (C=O) groups is 1. The number of ketones is 1. The first-order chi connectivity index (χ1) is 8.73. The third kappa shape index (κ3) is 1.49. The van der Waals surface area contributed by atoms with Crippen LogP contribution in [-0.2, 0) is 9.53 Å². The molecule has 2 heteroatoms. The number of allylic oxidation sites excluding steroid dienone is 1. The van der Waals surface area contributed by atoms with Crippen molar-refractivity contribution in [2.24, 2.45) is 0 Å². The number of hydrogen-bond donors (Lipinski definition) is 0. The number of rotatable bonds is 3. The standard InChI is InChI=1S/C16H18O2/c1-3-12-13(4-2)16(10-14(12)17)15(18-16)11-8-6-5-7-9-11/h5-9,15H,3-4,10H2,1-2H3/t15-,16-/m1/s1. The largest absolute Gasteiger partial charge is 0.356 e. The SMILES string of the molecule is CCC1=C(CC)[C@@]2(CC1=O)O[C@@H]2c1ccccc1. The summed E-state index contributed by atoms with van der Waals surface area (Å²) in [6, 6.07) is 10.2. The van der Waals surface area contributed by atoms with Gasteiger partial charge >= 0.3 is 0 Å². The van der Waals surface area contributed by atoms with Gasteiger partial charge in [0.25, 0.3) is 0 Å². The monoisotopic (exact) mass is 242 g/mol. The zero-order chi connectivity index (χ0) is 12.8. The number of hydrogen-bond acceptors (Lipinski definition) is 2. The molecule has 1 aromatic rings. The molecule has 1 fully saturated rings. The maximum Gasteiger partial charge on any atom is 0.162 e. The predicted octanol–water partition coefficient (Wildman–Crippen LogP) is 3.59. The summed E-state index contributed by atoms with van der Waals surface area (Å²) in [5, 5.41) is 0. The van der Waals surface area contributed by atoms with E-state index in [1.54, 1.807) is 0 Å². The van der Waals surface area contributed by atoms with Crippen LogP contribution in [0.1, 0.15) is 44.8 Å². The molecule has 94 valence electrons. The van der Waals surface area contributed by atoms with Crippen LogP contribution in [0.2, 0.25) is 0 Å². The Hall–Kier alpha value is -1.41. The second kappa shape index (κ2) is 4.06. The Labute approximate surface area is 108 Å². The fraction of sp³-hybridized carbons (Fsp3) is 0.438. The topological polar surface area (TPSA) is 29.6 Å². The molecule has 1 aromatic carbocycles. The molecule has 2 nitrogen and oxygen atoms in total. The van der Waals surface area contributed by atoms with Gasteiger partial charge in [-0.2, -0.15) is 0 Å². The van der Waals surface area contributed by atoms with E-state index in [0.717, 1.165) is 18.4 Å². The van der Waals surface area contributed by atoms with E-state index < -0.39 is 0 Å². The van der Waals surface area contributed by atoms with Gasteiger partial charge in [-0.05, 0) is 29.6 Å². The maximum absolute atomic E-state index is 12.1. The summed E-state index contributed by atoms with van der Waals surface area (Å²) in [6.45, 7) is 4.18. The molecular weight excluding hydrogens is 224 g/mol. The predicted molar refractivity (Wildman–Crippen MR) is 70.2 cm³/mol. The van der Waals surface area contributed by atoms with Crippen molar-refractivity contribution in [2.45, 2.75) is 44.8 Å². The van der Waals surface area contributed by atoms with Gasteiger partial charge in [-0.15, -0.1) is 0 Å². The summed E-state index contributed by atoms with van der Waals surface area (Å²) in [6.07, 6.45) is 2.37. The Morgan fingerprint density at radius 3 is 2.56 bits per heavy atom. The molecular formula is C16H18O2. The molecule has 2 aliphatic rings. The molecule has 1 heterocycles. The molecule has 2 atom stereocenters. The van der Waals surface area contributed by atoms with Crippen LogP contribution >= 0.6 is 0 Å². The summed E-state index contributed by atoms with van der Waals surface area (Å²) in [5.41, 5.74) is 3.15. The van der Waals surface area contributed by atoms with Crippen molar-refractivity contribution in [2.75, 3.05) is 0 Å². The van der Waals surface area contributed by atoms with Gasteiger partial charge in [-0.1, -0.05) is 44.2 Å². The molecule has 1 aliphatic heterocycles. The van der Waals surface area contributed by atoms with Crippen molar-refractivity contribution in [1.29, 1.82) is 0 Å². The van der Waals surface area contributed by atoms with E-state index in [2.05, 4.69) is 26.0 Å². The van der Waals surface area contributed by atoms with Crippen LogP contribution in [0.3, 0.4) is 0 Å². The molecule has 1 saturated heterocycles. The first-order valence-corrected chi connectivity index (χ1v) is 6.71. The number of Topliss-reactive ketones (excluding diaryl/α,β-unsaturated/α-hetero) is 1. The van der Waals surface area contributed by atoms with E-state index in [1.165, 1.54) is 11.1 Å². The van der Waals surface area contributed by atoms with Crippen LogP contribution in [0.4, 0.5) is 0 Å². The molecule has 0 bridgehead atoms. The van der Waals surface area contributed by atoms with Crippen molar-refractivity contribution < 1.29 is 9.53 Å². The molecule has 0 aromatic heterocycles. The van der Waals surface area contributed by atoms with Crippen LogP contribution < -0.4 is 0 Å². The minimum absolute atomic E-state index is 0.0849. The van der Waals surface area contributed by atoms with Crippen LogP contribution in [-0.4, -0.2) is 11.4 Å². The Morgan fingerprint density at radius 1 is 1.22 bits per heavy atom. The molecule has 0 saturated carbocycles. The molecule has 0 amide bonds. The lowest BCUT2D eigenvalue weighted by atomic mass is 9.91. The maximum atomic E-state index is 12.1. The quantitative estimate of drug-likeness (QED) is 0.758. The van der Waals surface area contributed by atoms with Gasteiger partial charge < -0.3 is 4.74 Å². The van der Waals surface area contributed by atoms with Gasteiger partial charge in [0.2, 0.25) is 0 Å². The number of ether oxygens (including phenoxy) is 1. The smallest absolute Gasteiger partial charge is 0.162 e. The van der Waals surface area contributed by atoms with Crippen LogP contribution in [0.5, 0.6) is 0 Å². The van der Waals surface area contributed by atoms with Gasteiger partial charge in [0, 0.05) is 6.42 Å². The van der Waals surface area contributed by atoms with Crippen molar-refractivity contribution in [1.82, 2.24) is 0 Å². The summed E-state index contributed by atoms with van der Waals surface area (Å²) < 4.78 is 5.98. The van der Waals surface area contributed by atoms with Gasteiger partial charge in [0.15, 0.2) is 5.78 Å². The lowest BCUT2D eigenvalue weighted by Crippen LogP contribution is -2.12. The van der Waals surface area contributed by atoms with Gasteiger partial charge in [0.05, 0.1) is 0 Å².